The van der Waals surface area contributed by atoms with E-state index in [-0.39, 0.29) is 24.1 Å². The van der Waals surface area contributed by atoms with Gasteiger partial charge >= 0.3 is 0 Å². The van der Waals surface area contributed by atoms with E-state index < -0.39 is 0 Å². The number of amides is 1. The number of fused-ring (bicyclic) bond motifs is 2. The molecule has 3 heterocycles. The van der Waals surface area contributed by atoms with E-state index in [1.54, 1.807) is 18.5 Å². The Bertz CT molecular complexity index is 731. The van der Waals surface area contributed by atoms with Gasteiger partial charge in [-0.1, -0.05) is 30.3 Å². The van der Waals surface area contributed by atoms with E-state index in [0.29, 0.717) is 0 Å². The standard InChI is InChI=1S/C21H22N2O2/c24-21(11-8-16-5-2-1-3-6-16)23-17-9-10-18(23)14-20(13-17)25-19-7-4-12-22-15-19/h1-8,11-12,15,17-18,20H,9-10,13-14H2/b11-8+. The summed E-state index contributed by atoms with van der Waals surface area (Å²) in [5, 5.41) is 0. The van der Waals surface area contributed by atoms with Gasteiger partial charge in [0, 0.05) is 37.2 Å². The number of ether oxygens (including phenoxy) is 1. The molecule has 4 rings (SSSR count). The maximum absolute atomic E-state index is 12.7. The molecule has 2 aliphatic rings. The van der Waals surface area contributed by atoms with E-state index in [9.17, 15) is 4.79 Å². The monoisotopic (exact) mass is 334 g/mol. The van der Waals surface area contributed by atoms with Crippen LogP contribution in [0.15, 0.2) is 60.9 Å². The van der Waals surface area contributed by atoms with Gasteiger partial charge in [0.05, 0.1) is 6.20 Å². The smallest absolute Gasteiger partial charge is 0.247 e. The van der Waals surface area contributed by atoms with Gasteiger partial charge in [-0.25, -0.2) is 0 Å². The van der Waals surface area contributed by atoms with Crippen LogP contribution in [0, 0.1) is 0 Å². The second kappa shape index (κ2) is 7.09. The van der Waals surface area contributed by atoms with Crippen molar-refractivity contribution in [2.75, 3.05) is 0 Å². The van der Waals surface area contributed by atoms with Crippen LogP contribution in [0.1, 0.15) is 31.2 Å². The number of aromatic nitrogens is 1. The summed E-state index contributed by atoms with van der Waals surface area (Å²) in [5.41, 5.74) is 1.05. The molecule has 0 radical (unpaired) electrons. The van der Waals surface area contributed by atoms with Crippen LogP contribution in [-0.2, 0) is 4.79 Å². The first-order valence-corrected chi connectivity index (χ1v) is 8.92. The van der Waals surface area contributed by atoms with Crippen LogP contribution >= 0.6 is 0 Å². The zero-order chi connectivity index (χ0) is 17.1. The van der Waals surface area contributed by atoms with Crippen molar-refractivity contribution in [1.82, 2.24) is 9.88 Å². The average Bonchev–Trinajstić information content (AvgIpc) is 2.92. The number of hydrogen-bond donors (Lipinski definition) is 0. The Labute approximate surface area is 148 Å². The molecule has 2 unspecified atom stereocenters. The topological polar surface area (TPSA) is 42.4 Å². The second-order valence-corrected chi connectivity index (χ2v) is 6.77. The van der Waals surface area contributed by atoms with Crippen LogP contribution in [0.3, 0.4) is 0 Å². The molecule has 0 N–H and O–H groups in total. The van der Waals surface area contributed by atoms with Crippen LogP contribution in [0.4, 0.5) is 0 Å². The number of carbonyl (C=O) groups excluding carboxylic acids is 1. The molecule has 0 spiro atoms. The third-order valence-electron chi connectivity index (χ3n) is 5.10. The maximum atomic E-state index is 12.7. The van der Waals surface area contributed by atoms with Crippen LogP contribution in [0.2, 0.25) is 0 Å². The number of hydrogen-bond acceptors (Lipinski definition) is 3. The average molecular weight is 334 g/mol. The number of rotatable bonds is 4. The lowest BCUT2D eigenvalue weighted by molar-refractivity contribution is -0.131. The van der Waals surface area contributed by atoms with Crippen LogP contribution in [-0.4, -0.2) is 34.0 Å². The zero-order valence-electron chi connectivity index (χ0n) is 14.1. The van der Waals surface area contributed by atoms with Gasteiger partial charge in [-0.2, -0.15) is 0 Å². The van der Waals surface area contributed by atoms with E-state index >= 15 is 0 Å². The predicted molar refractivity (Wildman–Crippen MR) is 97.0 cm³/mol. The van der Waals surface area contributed by atoms with Crippen molar-refractivity contribution in [3.05, 3.63) is 66.5 Å². The van der Waals surface area contributed by atoms with Gasteiger partial charge in [0.1, 0.15) is 11.9 Å². The van der Waals surface area contributed by atoms with Crippen molar-refractivity contribution in [1.29, 1.82) is 0 Å². The Kier molecular flexibility index (Phi) is 4.51. The number of piperidine rings is 1. The fourth-order valence-corrected chi connectivity index (χ4v) is 4.01. The highest BCUT2D eigenvalue weighted by molar-refractivity contribution is 5.92. The van der Waals surface area contributed by atoms with Gasteiger partial charge in [0.2, 0.25) is 5.91 Å². The minimum atomic E-state index is 0.121. The number of carbonyl (C=O) groups is 1. The van der Waals surface area contributed by atoms with Crippen molar-refractivity contribution in [3.8, 4) is 5.75 Å². The first-order valence-electron chi connectivity index (χ1n) is 8.92. The van der Waals surface area contributed by atoms with E-state index in [1.807, 2.05) is 48.5 Å². The zero-order valence-corrected chi connectivity index (χ0v) is 14.1. The summed E-state index contributed by atoms with van der Waals surface area (Å²) >= 11 is 0. The predicted octanol–water partition coefficient (Wildman–Crippen LogP) is 3.70. The van der Waals surface area contributed by atoms with Crippen molar-refractivity contribution in [3.63, 3.8) is 0 Å². The van der Waals surface area contributed by atoms with Crippen LogP contribution < -0.4 is 4.74 Å². The molecular formula is C21H22N2O2. The summed E-state index contributed by atoms with van der Waals surface area (Å²) in [6.45, 7) is 0. The third-order valence-corrected chi connectivity index (χ3v) is 5.10. The van der Waals surface area contributed by atoms with Crippen molar-refractivity contribution in [2.24, 2.45) is 0 Å². The highest BCUT2D eigenvalue weighted by Crippen LogP contribution is 2.37. The van der Waals surface area contributed by atoms with E-state index in [0.717, 1.165) is 37.0 Å². The Morgan fingerprint density at radius 2 is 1.84 bits per heavy atom. The largest absolute Gasteiger partial charge is 0.489 e. The summed E-state index contributed by atoms with van der Waals surface area (Å²) in [4.78, 5) is 18.9. The lowest BCUT2D eigenvalue weighted by Crippen LogP contribution is -2.48. The van der Waals surface area contributed by atoms with Crippen molar-refractivity contribution < 1.29 is 9.53 Å². The lowest BCUT2D eigenvalue weighted by Gasteiger charge is -2.38. The maximum Gasteiger partial charge on any atom is 0.247 e. The molecule has 2 saturated heterocycles. The SMILES string of the molecule is O=C(/C=C/c1ccccc1)N1C2CCC1CC(Oc1cccnc1)C2. The Hall–Kier alpha value is -2.62. The van der Waals surface area contributed by atoms with Gasteiger partial charge in [-0.05, 0) is 36.6 Å². The van der Waals surface area contributed by atoms with Gasteiger partial charge in [-0.15, -0.1) is 0 Å². The quantitative estimate of drug-likeness (QED) is 0.801. The number of nitrogens with zero attached hydrogens (tertiary/aromatic N) is 2. The van der Waals surface area contributed by atoms with E-state index in [1.165, 1.54) is 0 Å². The molecular weight excluding hydrogens is 312 g/mol. The molecule has 0 saturated carbocycles. The van der Waals surface area contributed by atoms with Gasteiger partial charge in [-0.3, -0.25) is 9.78 Å². The first-order chi connectivity index (χ1) is 12.3. The van der Waals surface area contributed by atoms with Gasteiger partial charge in [0.25, 0.3) is 0 Å². The number of pyridine rings is 1. The summed E-state index contributed by atoms with van der Waals surface area (Å²) in [6.07, 6.45) is 11.2. The normalized spacial score (nSPS) is 25.3. The summed E-state index contributed by atoms with van der Waals surface area (Å²) < 4.78 is 6.08. The molecule has 1 amide bonds. The highest BCUT2D eigenvalue weighted by Gasteiger charge is 2.43. The van der Waals surface area contributed by atoms with Crippen molar-refractivity contribution in [2.45, 2.75) is 43.9 Å². The molecule has 4 nitrogen and oxygen atoms in total. The third kappa shape index (κ3) is 3.58. The summed E-state index contributed by atoms with van der Waals surface area (Å²) in [6, 6.07) is 14.4. The van der Waals surface area contributed by atoms with Crippen LogP contribution in [0.25, 0.3) is 6.08 Å². The Balaban J connectivity index is 1.40. The van der Waals surface area contributed by atoms with E-state index in [4.69, 9.17) is 4.74 Å². The van der Waals surface area contributed by atoms with Gasteiger partial charge in [0.15, 0.2) is 0 Å². The second-order valence-electron chi connectivity index (χ2n) is 6.77. The molecule has 2 bridgehead atoms. The fraction of sp³-hybridized carbons (Fsp3) is 0.333. The van der Waals surface area contributed by atoms with E-state index in [2.05, 4.69) is 9.88 Å². The fourth-order valence-electron chi connectivity index (χ4n) is 4.01. The minimum Gasteiger partial charge on any atom is -0.489 e. The molecule has 2 aromatic rings. The molecule has 2 aliphatic heterocycles. The first kappa shape index (κ1) is 15.9. The molecule has 2 atom stereocenters. The summed E-state index contributed by atoms with van der Waals surface area (Å²) in [5.74, 6) is 0.937. The summed E-state index contributed by atoms with van der Waals surface area (Å²) in [7, 11) is 0. The molecule has 1 aromatic carbocycles. The molecule has 2 fully saturated rings. The molecule has 4 heteroatoms. The highest BCUT2D eigenvalue weighted by atomic mass is 16.5. The molecule has 0 aliphatic carbocycles. The molecule has 128 valence electrons. The number of benzene rings is 1. The Morgan fingerprint density at radius 3 is 2.52 bits per heavy atom. The van der Waals surface area contributed by atoms with Crippen molar-refractivity contribution >= 4 is 12.0 Å². The van der Waals surface area contributed by atoms with Crippen LogP contribution in [0.5, 0.6) is 5.75 Å². The molecule has 25 heavy (non-hydrogen) atoms. The minimum absolute atomic E-state index is 0.121. The molecule has 1 aromatic heterocycles. The van der Waals surface area contributed by atoms with Gasteiger partial charge < -0.3 is 9.64 Å². The Morgan fingerprint density at radius 1 is 1.08 bits per heavy atom. The lowest BCUT2D eigenvalue weighted by atomic mass is 9.99.